The van der Waals surface area contributed by atoms with Gasteiger partial charge in [0.2, 0.25) is 10.0 Å². The van der Waals surface area contributed by atoms with Gasteiger partial charge in [0.15, 0.2) is 9.84 Å². The molecule has 1 saturated heterocycles. The van der Waals surface area contributed by atoms with Crippen LogP contribution in [0.2, 0.25) is 0 Å². The number of nitrogen functional groups attached to an aromatic ring is 1. The van der Waals surface area contributed by atoms with Gasteiger partial charge in [0, 0.05) is 18.8 Å². The van der Waals surface area contributed by atoms with Crippen molar-refractivity contribution in [2.24, 2.45) is 0 Å². The van der Waals surface area contributed by atoms with Crippen molar-refractivity contribution in [2.45, 2.75) is 11.8 Å². The molecule has 1 fully saturated rings. The fraction of sp³-hybridized carbons (Fsp3) is 0.455. The first-order chi connectivity index (χ1) is 8.71. The second kappa shape index (κ2) is 4.77. The molecule has 2 N–H and O–H groups in total. The van der Waals surface area contributed by atoms with Gasteiger partial charge >= 0.3 is 0 Å². The molecule has 106 valence electrons. The van der Waals surface area contributed by atoms with Gasteiger partial charge in [-0.3, -0.25) is 0 Å². The minimum absolute atomic E-state index is 0.00147. The lowest BCUT2D eigenvalue weighted by Gasteiger charge is -2.26. The Morgan fingerprint density at radius 1 is 1.16 bits per heavy atom. The van der Waals surface area contributed by atoms with E-state index in [0.29, 0.717) is 5.69 Å². The third kappa shape index (κ3) is 3.07. The van der Waals surface area contributed by atoms with Gasteiger partial charge in [-0.15, -0.1) is 0 Å². The van der Waals surface area contributed by atoms with E-state index in [0.717, 1.165) is 5.56 Å². The molecule has 1 aromatic carbocycles. The van der Waals surface area contributed by atoms with Crippen molar-refractivity contribution in [1.82, 2.24) is 4.31 Å². The van der Waals surface area contributed by atoms with Crippen molar-refractivity contribution in [1.29, 1.82) is 0 Å². The van der Waals surface area contributed by atoms with Crippen LogP contribution in [0.25, 0.3) is 0 Å². The van der Waals surface area contributed by atoms with E-state index in [9.17, 15) is 16.8 Å². The molecule has 0 bridgehead atoms. The van der Waals surface area contributed by atoms with E-state index < -0.39 is 19.9 Å². The van der Waals surface area contributed by atoms with Crippen molar-refractivity contribution in [3.05, 3.63) is 23.8 Å². The molecule has 0 unspecified atom stereocenters. The summed E-state index contributed by atoms with van der Waals surface area (Å²) in [6.07, 6.45) is 0. The van der Waals surface area contributed by atoms with Crippen LogP contribution in [-0.4, -0.2) is 45.7 Å². The molecule has 0 spiro atoms. The molecule has 0 radical (unpaired) electrons. The Bertz CT molecular complexity index is 661. The lowest BCUT2D eigenvalue weighted by molar-refractivity contribution is 0.430. The summed E-state index contributed by atoms with van der Waals surface area (Å²) in [5.41, 5.74) is 6.78. The van der Waals surface area contributed by atoms with Gasteiger partial charge in [-0.2, -0.15) is 4.31 Å². The Labute approximate surface area is 113 Å². The molecule has 0 aliphatic carbocycles. The summed E-state index contributed by atoms with van der Waals surface area (Å²) >= 11 is 0. The van der Waals surface area contributed by atoms with Crippen LogP contribution in [0.4, 0.5) is 5.69 Å². The summed E-state index contributed by atoms with van der Waals surface area (Å²) in [6, 6.07) is 4.61. The average molecular weight is 304 g/mol. The minimum atomic E-state index is -3.67. The first kappa shape index (κ1) is 14.3. The fourth-order valence-electron chi connectivity index (χ4n) is 2.01. The molecular formula is C11H16N2O4S2. The zero-order chi connectivity index (χ0) is 14.3. The van der Waals surface area contributed by atoms with Gasteiger partial charge in [-0.1, -0.05) is 0 Å². The molecule has 8 heteroatoms. The molecule has 0 amide bonds. The largest absolute Gasteiger partial charge is 0.399 e. The van der Waals surface area contributed by atoms with Crippen molar-refractivity contribution in [3.63, 3.8) is 0 Å². The second-order valence-corrected chi connectivity index (χ2v) is 8.88. The predicted molar refractivity (Wildman–Crippen MR) is 73.0 cm³/mol. The monoisotopic (exact) mass is 304 g/mol. The summed E-state index contributed by atoms with van der Waals surface area (Å²) in [5.74, 6) is -0.263. The fourth-order valence-corrected chi connectivity index (χ4v) is 5.02. The summed E-state index contributed by atoms with van der Waals surface area (Å²) in [6.45, 7) is 1.76. The lowest BCUT2D eigenvalue weighted by atomic mass is 10.2. The van der Waals surface area contributed by atoms with Gasteiger partial charge < -0.3 is 5.73 Å². The maximum Gasteiger partial charge on any atom is 0.243 e. The topological polar surface area (TPSA) is 97.5 Å². The normalized spacial score (nSPS) is 20.3. The highest BCUT2D eigenvalue weighted by Crippen LogP contribution is 2.21. The Morgan fingerprint density at radius 2 is 1.74 bits per heavy atom. The van der Waals surface area contributed by atoms with Crippen molar-refractivity contribution in [3.8, 4) is 0 Å². The minimum Gasteiger partial charge on any atom is -0.399 e. The van der Waals surface area contributed by atoms with Crippen LogP contribution in [-0.2, 0) is 19.9 Å². The number of hydrogen-bond acceptors (Lipinski definition) is 5. The SMILES string of the molecule is Cc1cc(N)cc(S(=O)(=O)N2CCS(=O)(=O)CC2)c1. The average Bonchev–Trinajstić information content (AvgIpc) is 2.27. The number of nitrogens with two attached hydrogens (primary N) is 1. The van der Waals surface area contributed by atoms with E-state index in [-0.39, 0.29) is 29.5 Å². The second-order valence-electron chi connectivity index (χ2n) is 4.64. The highest BCUT2D eigenvalue weighted by Gasteiger charge is 2.31. The number of rotatable bonds is 2. The van der Waals surface area contributed by atoms with Crippen molar-refractivity contribution < 1.29 is 16.8 Å². The lowest BCUT2D eigenvalue weighted by Crippen LogP contribution is -2.43. The van der Waals surface area contributed by atoms with Crippen LogP contribution >= 0.6 is 0 Å². The molecule has 19 heavy (non-hydrogen) atoms. The maximum atomic E-state index is 12.4. The van der Waals surface area contributed by atoms with Gasteiger partial charge in [0.1, 0.15) is 0 Å². The number of benzene rings is 1. The number of hydrogen-bond donors (Lipinski definition) is 1. The summed E-state index contributed by atoms with van der Waals surface area (Å²) in [7, 11) is -6.77. The van der Waals surface area contributed by atoms with Crippen LogP contribution in [0.5, 0.6) is 0 Å². The highest BCUT2D eigenvalue weighted by atomic mass is 32.2. The zero-order valence-corrected chi connectivity index (χ0v) is 12.2. The van der Waals surface area contributed by atoms with Gasteiger partial charge in [0.25, 0.3) is 0 Å². The zero-order valence-electron chi connectivity index (χ0n) is 10.5. The molecular weight excluding hydrogens is 288 g/mol. The van der Waals surface area contributed by atoms with E-state index in [4.69, 9.17) is 5.73 Å². The number of aryl methyl sites for hydroxylation is 1. The Balaban J connectivity index is 2.33. The Morgan fingerprint density at radius 3 is 2.26 bits per heavy atom. The molecule has 1 aliphatic heterocycles. The smallest absolute Gasteiger partial charge is 0.243 e. The summed E-state index contributed by atoms with van der Waals surface area (Å²) in [4.78, 5) is 0.115. The van der Waals surface area contributed by atoms with Crippen LogP contribution in [0.1, 0.15) is 5.56 Å². The predicted octanol–water partition coefficient (Wildman–Crippen LogP) is -0.00368. The molecule has 1 heterocycles. The number of anilines is 1. The molecule has 6 nitrogen and oxygen atoms in total. The van der Waals surface area contributed by atoms with Gasteiger partial charge in [-0.25, -0.2) is 16.8 Å². The van der Waals surface area contributed by atoms with E-state index in [1.165, 1.54) is 16.4 Å². The van der Waals surface area contributed by atoms with Crippen LogP contribution in [0.3, 0.4) is 0 Å². The molecule has 0 saturated carbocycles. The van der Waals surface area contributed by atoms with Gasteiger partial charge in [0.05, 0.1) is 16.4 Å². The van der Waals surface area contributed by atoms with Crippen molar-refractivity contribution in [2.75, 3.05) is 30.3 Å². The molecule has 0 atom stereocenters. The van der Waals surface area contributed by atoms with Crippen LogP contribution < -0.4 is 5.73 Å². The number of sulfonamides is 1. The van der Waals surface area contributed by atoms with E-state index >= 15 is 0 Å². The molecule has 1 aliphatic rings. The molecule has 2 rings (SSSR count). The third-order valence-corrected chi connectivity index (χ3v) is 6.50. The van der Waals surface area contributed by atoms with E-state index in [1.807, 2.05) is 0 Å². The van der Waals surface area contributed by atoms with Crippen LogP contribution in [0.15, 0.2) is 23.1 Å². The molecule has 1 aromatic rings. The highest BCUT2D eigenvalue weighted by molar-refractivity contribution is 7.92. The van der Waals surface area contributed by atoms with E-state index in [1.54, 1.807) is 13.0 Å². The standard InChI is InChI=1S/C11H16N2O4S2/c1-9-6-10(12)8-11(7-9)19(16,17)13-2-4-18(14,15)5-3-13/h6-8H,2-5,12H2,1H3. The number of sulfone groups is 1. The van der Waals surface area contributed by atoms with Gasteiger partial charge in [-0.05, 0) is 30.7 Å². The molecule has 0 aromatic heterocycles. The summed E-state index contributed by atoms with van der Waals surface area (Å²) in [5, 5.41) is 0. The van der Waals surface area contributed by atoms with Crippen LogP contribution in [0, 0.1) is 6.92 Å². The Hall–Kier alpha value is -1.12. The third-order valence-electron chi connectivity index (χ3n) is 3.01. The first-order valence-corrected chi connectivity index (χ1v) is 9.05. The maximum absolute atomic E-state index is 12.4. The summed E-state index contributed by atoms with van der Waals surface area (Å²) < 4.78 is 48.6. The number of nitrogens with zero attached hydrogens (tertiary/aromatic N) is 1. The quantitative estimate of drug-likeness (QED) is 0.775. The van der Waals surface area contributed by atoms with E-state index in [2.05, 4.69) is 0 Å². The van der Waals surface area contributed by atoms with Crippen molar-refractivity contribution >= 4 is 25.5 Å². The Kier molecular flexibility index (Phi) is 3.59. The first-order valence-electron chi connectivity index (χ1n) is 5.78.